The Hall–Kier alpha value is -3.19. The van der Waals surface area contributed by atoms with Gasteiger partial charge in [0.25, 0.3) is 5.91 Å². The molecule has 0 aliphatic heterocycles. The Morgan fingerprint density at radius 2 is 1.96 bits per heavy atom. The number of carbonyl (C=O) groups excluding carboxylic acids is 1. The molecule has 3 aromatic rings. The molecule has 140 valence electrons. The molecule has 0 unspecified atom stereocenters. The van der Waals surface area contributed by atoms with Crippen LogP contribution >= 0.6 is 0 Å². The molecule has 0 spiro atoms. The topological polar surface area (TPSA) is 86.3 Å². The fourth-order valence-corrected chi connectivity index (χ4v) is 2.66. The number of hydrogen-bond donors (Lipinski definition) is 1. The molecule has 0 atom stereocenters. The van der Waals surface area contributed by atoms with E-state index >= 15 is 0 Å². The Morgan fingerprint density at radius 1 is 1.22 bits per heavy atom. The number of amides is 1. The van der Waals surface area contributed by atoms with Crippen LogP contribution in [0.1, 0.15) is 23.0 Å². The first-order chi connectivity index (χ1) is 13.1. The van der Waals surface area contributed by atoms with E-state index in [2.05, 4.69) is 10.1 Å². The second kappa shape index (κ2) is 8.01. The maximum absolute atomic E-state index is 12.6. The van der Waals surface area contributed by atoms with Crippen molar-refractivity contribution in [3.05, 3.63) is 59.9 Å². The lowest BCUT2D eigenvalue weighted by Crippen LogP contribution is -2.26. The van der Waals surface area contributed by atoms with Gasteiger partial charge in [0.05, 0.1) is 24.7 Å². The van der Waals surface area contributed by atoms with Gasteiger partial charge in [0, 0.05) is 31.8 Å². The predicted molar refractivity (Wildman–Crippen MR) is 104 cm³/mol. The molecule has 0 aliphatic carbocycles. The minimum absolute atomic E-state index is 0.127. The molecular formula is C20H23N5O2. The van der Waals surface area contributed by atoms with Crippen LogP contribution in [0.25, 0.3) is 16.9 Å². The normalized spacial score (nSPS) is 10.7. The highest BCUT2D eigenvalue weighted by Gasteiger charge is 2.19. The summed E-state index contributed by atoms with van der Waals surface area (Å²) in [5.41, 5.74) is 9.60. The Morgan fingerprint density at radius 3 is 2.52 bits per heavy atom. The van der Waals surface area contributed by atoms with Gasteiger partial charge in [0.1, 0.15) is 0 Å². The van der Waals surface area contributed by atoms with Gasteiger partial charge in [-0.3, -0.25) is 4.79 Å². The average Bonchev–Trinajstić information content (AvgIpc) is 3.18. The molecule has 0 saturated carbocycles. The van der Waals surface area contributed by atoms with Crippen molar-refractivity contribution in [3.63, 3.8) is 0 Å². The summed E-state index contributed by atoms with van der Waals surface area (Å²) in [7, 11) is 3.32. The molecule has 1 aromatic carbocycles. The molecule has 2 aromatic heterocycles. The van der Waals surface area contributed by atoms with Gasteiger partial charge in [-0.15, -0.1) is 0 Å². The fourth-order valence-electron chi connectivity index (χ4n) is 2.66. The first-order valence-corrected chi connectivity index (χ1v) is 8.72. The van der Waals surface area contributed by atoms with Gasteiger partial charge in [-0.2, -0.15) is 5.10 Å². The zero-order valence-corrected chi connectivity index (χ0v) is 15.7. The van der Waals surface area contributed by atoms with E-state index in [0.29, 0.717) is 24.7 Å². The van der Waals surface area contributed by atoms with Crippen LogP contribution in [-0.2, 0) is 6.54 Å². The minimum atomic E-state index is -0.127. The molecule has 0 radical (unpaired) electrons. The SMILES string of the molecule is CCN(C)C(=O)c1cc(-c2ccc(CN)cc2)n(-c2ccc(OC)nc2)n1. The molecular weight excluding hydrogens is 342 g/mol. The third-order valence-electron chi connectivity index (χ3n) is 4.41. The van der Waals surface area contributed by atoms with Crippen molar-refractivity contribution >= 4 is 5.91 Å². The third-order valence-corrected chi connectivity index (χ3v) is 4.41. The van der Waals surface area contributed by atoms with Gasteiger partial charge in [-0.05, 0) is 24.6 Å². The maximum Gasteiger partial charge on any atom is 0.274 e. The summed E-state index contributed by atoms with van der Waals surface area (Å²) in [6.07, 6.45) is 1.67. The highest BCUT2D eigenvalue weighted by atomic mass is 16.5. The number of hydrogen-bond acceptors (Lipinski definition) is 5. The van der Waals surface area contributed by atoms with Crippen LogP contribution in [0.2, 0.25) is 0 Å². The van der Waals surface area contributed by atoms with E-state index in [0.717, 1.165) is 22.5 Å². The number of benzene rings is 1. The van der Waals surface area contributed by atoms with Crippen LogP contribution in [-0.4, -0.2) is 46.3 Å². The smallest absolute Gasteiger partial charge is 0.274 e. The summed E-state index contributed by atoms with van der Waals surface area (Å²) in [5, 5.41) is 4.54. The number of carbonyl (C=O) groups is 1. The quantitative estimate of drug-likeness (QED) is 0.725. The zero-order valence-electron chi connectivity index (χ0n) is 15.7. The molecule has 1 amide bonds. The highest BCUT2D eigenvalue weighted by molar-refractivity contribution is 5.93. The highest BCUT2D eigenvalue weighted by Crippen LogP contribution is 2.25. The van der Waals surface area contributed by atoms with Gasteiger partial charge in [-0.1, -0.05) is 24.3 Å². The molecule has 2 N–H and O–H groups in total. The van der Waals surface area contributed by atoms with Crippen molar-refractivity contribution in [2.45, 2.75) is 13.5 Å². The maximum atomic E-state index is 12.6. The molecule has 2 heterocycles. The molecule has 3 rings (SSSR count). The number of nitrogens with two attached hydrogens (primary N) is 1. The standard InChI is InChI=1S/C20H23N5O2/c1-4-24(2)20(26)17-11-18(15-7-5-14(12-21)6-8-15)25(23-17)16-9-10-19(27-3)22-13-16/h5-11,13H,4,12,21H2,1-3H3. The second-order valence-corrected chi connectivity index (χ2v) is 6.11. The van der Waals surface area contributed by atoms with Crippen molar-refractivity contribution < 1.29 is 9.53 Å². The van der Waals surface area contributed by atoms with E-state index in [1.54, 1.807) is 42.1 Å². The van der Waals surface area contributed by atoms with Crippen LogP contribution in [0.5, 0.6) is 5.88 Å². The minimum Gasteiger partial charge on any atom is -0.481 e. The summed E-state index contributed by atoms with van der Waals surface area (Å²) >= 11 is 0. The first kappa shape index (κ1) is 18.6. The van der Waals surface area contributed by atoms with E-state index < -0.39 is 0 Å². The fraction of sp³-hybridized carbons (Fsp3) is 0.250. The molecule has 0 saturated heterocycles. The lowest BCUT2D eigenvalue weighted by molar-refractivity contribution is 0.0796. The lowest BCUT2D eigenvalue weighted by Gasteiger charge is -2.11. The average molecular weight is 365 g/mol. The van der Waals surface area contributed by atoms with E-state index in [4.69, 9.17) is 10.5 Å². The predicted octanol–water partition coefficient (Wildman–Crippen LogP) is 2.49. The van der Waals surface area contributed by atoms with Crippen LogP contribution in [0.15, 0.2) is 48.7 Å². The van der Waals surface area contributed by atoms with Crippen molar-refractivity contribution in [3.8, 4) is 22.8 Å². The Balaban J connectivity index is 2.10. The molecule has 7 heteroatoms. The molecule has 27 heavy (non-hydrogen) atoms. The van der Waals surface area contributed by atoms with Crippen LogP contribution in [0, 0.1) is 0 Å². The van der Waals surface area contributed by atoms with Crippen LogP contribution in [0.3, 0.4) is 0 Å². The van der Waals surface area contributed by atoms with E-state index in [1.165, 1.54) is 0 Å². The summed E-state index contributed by atoms with van der Waals surface area (Å²) in [4.78, 5) is 18.5. The van der Waals surface area contributed by atoms with Crippen molar-refractivity contribution in [2.75, 3.05) is 20.7 Å². The molecule has 7 nitrogen and oxygen atoms in total. The molecule has 0 fully saturated rings. The summed E-state index contributed by atoms with van der Waals surface area (Å²) in [6, 6.07) is 13.3. The van der Waals surface area contributed by atoms with Gasteiger partial charge >= 0.3 is 0 Å². The van der Waals surface area contributed by atoms with E-state index in [9.17, 15) is 4.79 Å². The summed E-state index contributed by atoms with van der Waals surface area (Å²) in [6.45, 7) is 3.01. The van der Waals surface area contributed by atoms with E-state index in [-0.39, 0.29) is 5.91 Å². The summed E-state index contributed by atoms with van der Waals surface area (Å²) in [5.74, 6) is 0.388. The summed E-state index contributed by atoms with van der Waals surface area (Å²) < 4.78 is 6.84. The Bertz CT molecular complexity index is 852. The molecule has 0 bridgehead atoms. The number of rotatable bonds is 6. The second-order valence-electron chi connectivity index (χ2n) is 6.11. The Labute approximate surface area is 158 Å². The van der Waals surface area contributed by atoms with Crippen molar-refractivity contribution in [1.82, 2.24) is 19.7 Å². The monoisotopic (exact) mass is 365 g/mol. The number of nitrogens with zero attached hydrogens (tertiary/aromatic N) is 4. The van der Waals surface area contributed by atoms with Crippen molar-refractivity contribution in [1.29, 1.82) is 0 Å². The van der Waals surface area contributed by atoms with Gasteiger partial charge in [0.2, 0.25) is 5.88 Å². The third kappa shape index (κ3) is 3.83. The number of aromatic nitrogens is 3. The first-order valence-electron chi connectivity index (χ1n) is 8.72. The Kier molecular flexibility index (Phi) is 5.52. The number of ether oxygens (including phenoxy) is 1. The zero-order chi connectivity index (χ0) is 19.4. The number of pyridine rings is 1. The van der Waals surface area contributed by atoms with E-state index in [1.807, 2.05) is 37.3 Å². The van der Waals surface area contributed by atoms with Gasteiger partial charge in [-0.25, -0.2) is 9.67 Å². The number of methoxy groups -OCH3 is 1. The lowest BCUT2D eigenvalue weighted by atomic mass is 10.1. The molecule has 0 aliphatic rings. The van der Waals surface area contributed by atoms with Crippen LogP contribution < -0.4 is 10.5 Å². The van der Waals surface area contributed by atoms with Crippen molar-refractivity contribution in [2.24, 2.45) is 5.73 Å². The van der Waals surface area contributed by atoms with Gasteiger partial charge in [0.15, 0.2) is 5.69 Å². The van der Waals surface area contributed by atoms with Gasteiger partial charge < -0.3 is 15.4 Å². The van der Waals surface area contributed by atoms with Crippen LogP contribution in [0.4, 0.5) is 0 Å². The largest absolute Gasteiger partial charge is 0.481 e.